The number of carboxylic acids is 1. The molecule has 0 saturated heterocycles. The highest BCUT2D eigenvalue weighted by atomic mass is 16.4. The Morgan fingerprint density at radius 2 is 2.23 bits per heavy atom. The zero-order chi connectivity index (χ0) is 9.90. The fourth-order valence-corrected chi connectivity index (χ4v) is 1.82. The summed E-state index contributed by atoms with van der Waals surface area (Å²) in [6.07, 6.45) is 5.09. The van der Waals surface area contributed by atoms with E-state index in [1.807, 2.05) is 6.92 Å². The van der Waals surface area contributed by atoms with Crippen LogP contribution in [0.15, 0.2) is 0 Å². The smallest absolute Gasteiger partial charge is 0.320 e. The number of hydrogen-bond donors (Lipinski definition) is 2. The molecule has 1 aliphatic carbocycles. The van der Waals surface area contributed by atoms with Gasteiger partial charge in [-0.3, -0.25) is 10.1 Å². The summed E-state index contributed by atoms with van der Waals surface area (Å²) in [5.74, 6) is -0.713. The maximum Gasteiger partial charge on any atom is 0.320 e. The number of aliphatic carboxylic acids is 1. The molecule has 0 amide bonds. The molecule has 3 nitrogen and oxygen atoms in total. The summed E-state index contributed by atoms with van der Waals surface area (Å²) in [6, 6.07) is -0.352. The molecule has 0 spiro atoms. The van der Waals surface area contributed by atoms with Crippen LogP contribution in [0.2, 0.25) is 0 Å². The second kappa shape index (κ2) is 4.09. The van der Waals surface area contributed by atoms with E-state index in [0.29, 0.717) is 0 Å². The Morgan fingerprint density at radius 1 is 1.62 bits per heavy atom. The van der Waals surface area contributed by atoms with Crippen LogP contribution in [0.25, 0.3) is 0 Å². The van der Waals surface area contributed by atoms with Crippen LogP contribution in [0.4, 0.5) is 0 Å². The minimum atomic E-state index is -0.713. The molecule has 0 aromatic rings. The van der Waals surface area contributed by atoms with E-state index in [1.54, 1.807) is 0 Å². The van der Waals surface area contributed by atoms with Gasteiger partial charge in [0.2, 0.25) is 0 Å². The molecule has 3 heteroatoms. The monoisotopic (exact) mass is 185 g/mol. The average molecular weight is 185 g/mol. The van der Waals surface area contributed by atoms with Crippen LogP contribution in [0, 0.1) is 0 Å². The van der Waals surface area contributed by atoms with Gasteiger partial charge in [-0.05, 0) is 32.6 Å². The third-order valence-corrected chi connectivity index (χ3v) is 2.86. The van der Waals surface area contributed by atoms with E-state index in [2.05, 4.69) is 12.2 Å². The lowest BCUT2D eigenvalue weighted by molar-refractivity contribution is -0.140. The molecule has 1 rings (SSSR count). The number of nitrogens with one attached hydrogen (secondary N) is 1. The zero-order valence-electron chi connectivity index (χ0n) is 8.47. The fraction of sp³-hybridized carbons (Fsp3) is 0.900. The summed E-state index contributed by atoms with van der Waals surface area (Å²) in [6.45, 7) is 4.13. The molecule has 76 valence electrons. The maximum absolute atomic E-state index is 10.8. The van der Waals surface area contributed by atoms with E-state index in [9.17, 15) is 4.79 Å². The highest BCUT2D eigenvalue weighted by molar-refractivity contribution is 5.73. The second-order valence-corrected chi connectivity index (χ2v) is 4.24. The largest absolute Gasteiger partial charge is 0.480 e. The van der Waals surface area contributed by atoms with Crippen molar-refractivity contribution in [2.45, 2.75) is 57.5 Å². The highest BCUT2D eigenvalue weighted by Crippen LogP contribution is 2.31. The standard InChI is InChI=1S/C10H19NO2/c1-3-5-8(9(12)13)11-10(2)6-4-7-10/h8,11H,3-7H2,1-2H3,(H,12,13). The number of rotatable bonds is 5. The van der Waals surface area contributed by atoms with Crippen molar-refractivity contribution in [1.82, 2.24) is 5.32 Å². The normalized spacial score (nSPS) is 22.0. The van der Waals surface area contributed by atoms with E-state index < -0.39 is 5.97 Å². The minimum Gasteiger partial charge on any atom is -0.480 e. The number of hydrogen-bond acceptors (Lipinski definition) is 2. The van der Waals surface area contributed by atoms with Crippen LogP contribution in [0.1, 0.15) is 46.0 Å². The van der Waals surface area contributed by atoms with E-state index >= 15 is 0 Å². The van der Waals surface area contributed by atoms with Crippen LogP contribution in [-0.4, -0.2) is 22.7 Å². The Kier molecular flexibility index (Phi) is 3.31. The molecule has 0 aliphatic heterocycles. The van der Waals surface area contributed by atoms with Crippen LogP contribution in [0.3, 0.4) is 0 Å². The van der Waals surface area contributed by atoms with Crippen molar-refractivity contribution in [2.24, 2.45) is 0 Å². The Balaban J connectivity index is 2.41. The summed E-state index contributed by atoms with van der Waals surface area (Å²) in [4.78, 5) is 10.8. The van der Waals surface area contributed by atoms with Crippen molar-refractivity contribution >= 4 is 5.97 Å². The molecule has 0 heterocycles. The lowest BCUT2D eigenvalue weighted by Crippen LogP contribution is -2.55. The Bertz CT molecular complexity index is 187. The molecule has 2 N–H and O–H groups in total. The third-order valence-electron chi connectivity index (χ3n) is 2.86. The summed E-state index contributed by atoms with van der Waals surface area (Å²) in [5, 5.41) is 12.2. The van der Waals surface area contributed by atoms with Crippen LogP contribution < -0.4 is 5.32 Å². The molecule has 1 unspecified atom stereocenters. The zero-order valence-corrected chi connectivity index (χ0v) is 8.47. The van der Waals surface area contributed by atoms with Gasteiger partial charge in [0, 0.05) is 5.54 Å². The Labute approximate surface area is 79.5 Å². The first-order valence-corrected chi connectivity index (χ1v) is 5.08. The molecule has 1 fully saturated rings. The van der Waals surface area contributed by atoms with Gasteiger partial charge in [-0.2, -0.15) is 0 Å². The maximum atomic E-state index is 10.8. The molecule has 1 aliphatic rings. The molecule has 0 aromatic carbocycles. The van der Waals surface area contributed by atoms with Gasteiger partial charge < -0.3 is 5.11 Å². The average Bonchev–Trinajstić information content (AvgIpc) is 2.00. The van der Waals surface area contributed by atoms with Gasteiger partial charge in [-0.1, -0.05) is 13.3 Å². The van der Waals surface area contributed by atoms with Crippen LogP contribution >= 0.6 is 0 Å². The van der Waals surface area contributed by atoms with E-state index in [0.717, 1.165) is 25.7 Å². The van der Waals surface area contributed by atoms with Crippen molar-refractivity contribution in [3.05, 3.63) is 0 Å². The van der Waals surface area contributed by atoms with Gasteiger partial charge in [-0.25, -0.2) is 0 Å². The van der Waals surface area contributed by atoms with Crippen molar-refractivity contribution in [3.8, 4) is 0 Å². The second-order valence-electron chi connectivity index (χ2n) is 4.24. The topological polar surface area (TPSA) is 49.3 Å². The van der Waals surface area contributed by atoms with Crippen LogP contribution in [0.5, 0.6) is 0 Å². The molecular weight excluding hydrogens is 166 g/mol. The van der Waals surface area contributed by atoms with Gasteiger partial charge in [0.25, 0.3) is 0 Å². The van der Waals surface area contributed by atoms with Crippen molar-refractivity contribution < 1.29 is 9.90 Å². The van der Waals surface area contributed by atoms with Gasteiger partial charge in [0.05, 0.1) is 0 Å². The van der Waals surface area contributed by atoms with E-state index in [4.69, 9.17) is 5.11 Å². The first kappa shape index (κ1) is 10.5. The third kappa shape index (κ3) is 2.69. The fourth-order valence-electron chi connectivity index (χ4n) is 1.82. The SMILES string of the molecule is CCCC(NC1(C)CCC1)C(=O)O. The summed E-state index contributed by atoms with van der Waals surface area (Å²) < 4.78 is 0. The predicted octanol–water partition coefficient (Wildman–Crippen LogP) is 1.77. The minimum absolute atomic E-state index is 0.0955. The predicted molar refractivity (Wildman–Crippen MR) is 51.7 cm³/mol. The number of carbonyl (C=O) groups is 1. The number of carboxylic acid groups (broad SMARTS) is 1. The van der Waals surface area contributed by atoms with E-state index in [-0.39, 0.29) is 11.6 Å². The molecule has 0 radical (unpaired) electrons. The highest BCUT2D eigenvalue weighted by Gasteiger charge is 2.35. The van der Waals surface area contributed by atoms with Gasteiger partial charge in [0.15, 0.2) is 0 Å². The molecule has 1 atom stereocenters. The summed E-state index contributed by atoms with van der Waals surface area (Å²) in [7, 11) is 0. The first-order chi connectivity index (χ1) is 6.07. The summed E-state index contributed by atoms with van der Waals surface area (Å²) in [5.41, 5.74) is 0.0955. The van der Waals surface area contributed by atoms with Crippen molar-refractivity contribution in [1.29, 1.82) is 0 Å². The van der Waals surface area contributed by atoms with E-state index in [1.165, 1.54) is 6.42 Å². The summed E-state index contributed by atoms with van der Waals surface area (Å²) >= 11 is 0. The van der Waals surface area contributed by atoms with Gasteiger partial charge >= 0.3 is 5.97 Å². The van der Waals surface area contributed by atoms with Crippen molar-refractivity contribution in [2.75, 3.05) is 0 Å². The first-order valence-electron chi connectivity index (χ1n) is 5.08. The molecule has 0 aromatic heterocycles. The Morgan fingerprint density at radius 3 is 2.54 bits per heavy atom. The molecule has 13 heavy (non-hydrogen) atoms. The quantitative estimate of drug-likeness (QED) is 0.686. The molecule has 0 bridgehead atoms. The lowest BCUT2D eigenvalue weighted by Gasteiger charge is -2.41. The Hall–Kier alpha value is -0.570. The van der Waals surface area contributed by atoms with Gasteiger partial charge in [0.1, 0.15) is 6.04 Å². The van der Waals surface area contributed by atoms with Crippen molar-refractivity contribution in [3.63, 3.8) is 0 Å². The van der Waals surface area contributed by atoms with Gasteiger partial charge in [-0.15, -0.1) is 0 Å². The lowest BCUT2D eigenvalue weighted by atomic mass is 9.78. The molecular formula is C10H19NO2. The molecule has 1 saturated carbocycles. The van der Waals surface area contributed by atoms with Crippen LogP contribution in [-0.2, 0) is 4.79 Å².